The van der Waals surface area contributed by atoms with Gasteiger partial charge in [-0.25, -0.2) is 4.79 Å². The van der Waals surface area contributed by atoms with Crippen LogP contribution in [-0.4, -0.2) is 163 Å². The van der Waals surface area contributed by atoms with E-state index < -0.39 is 117 Å². The average molecular weight is 638 g/mol. The Morgan fingerprint density at radius 2 is 1.30 bits per heavy atom. The highest BCUT2D eigenvalue weighted by Gasteiger charge is 2.58. The van der Waals surface area contributed by atoms with Crippen molar-refractivity contribution in [1.29, 1.82) is 0 Å². The molecule has 0 radical (unpaired) electrons. The van der Waals surface area contributed by atoms with Gasteiger partial charge in [0.05, 0.1) is 36.9 Å². The summed E-state index contributed by atoms with van der Waals surface area (Å²) in [6, 6.07) is 0.364. The van der Waals surface area contributed by atoms with Crippen LogP contribution in [0.3, 0.4) is 0 Å². The maximum Gasteiger partial charge on any atom is 0.340 e. The molecule has 3 aliphatic rings. The SMILES string of the molecule is N[C@H]1[C@@H](OC2[C@@H](CO)O[C@@H](OC3[C@@H](CO)O[C@@H](O)[C@H](N)[C@H]3O)[C@H](N)[C@H]2O)O[C@](CO)(OC(=O)c2ccc(O)cc2)[C@@H](O)[C@@H]1O. The number of phenolic OH excluding ortho intramolecular Hbond substituents is 1. The predicted octanol–water partition coefficient (Wildman–Crippen LogP) is -6.78. The Morgan fingerprint density at radius 1 is 0.773 bits per heavy atom. The summed E-state index contributed by atoms with van der Waals surface area (Å²) in [5.41, 5.74) is 17.7. The lowest BCUT2D eigenvalue weighted by Gasteiger charge is -2.50. The molecule has 15 N–H and O–H groups in total. The third-order valence-corrected chi connectivity index (χ3v) is 7.79. The van der Waals surface area contributed by atoms with Gasteiger partial charge in [-0.3, -0.25) is 0 Å². The van der Waals surface area contributed by atoms with E-state index in [1.54, 1.807) is 0 Å². The summed E-state index contributed by atoms with van der Waals surface area (Å²) in [7, 11) is 0. The third kappa shape index (κ3) is 6.69. The van der Waals surface area contributed by atoms with Crippen LogP contribution in [-0.2, 0) is 28.4 Å². The van der Waals surface area contributed by atoms with Gasteiger partial charge in [-0.05, 0) is 24.3 Å². The summed E-state index contributed by atoms with van der Waals surface area (Å²) in [6.45, 7) is -2.73. The second-order valence-electron chi connectivity index (χ2n) is 10.7. The summed E-state index contributed by atoms with van der Waals surface area (Å²) in [5.74, 6) is -3.91. The first-order valence-corrected chi connectivity index (χ1v) is 13.6. The summed E-state index contributed by atoms with van der Waals surface area (Å²) in [5, 5.41) is 92.0. The van der Waals surface area contributed by atoms with Gasteiger partial charge < -0.3 is 91.6 Å². The number of rotatable bonds is 9. The van der Waals surface area contributed by atoms with E-state index in [0.29, 0.717) is 0 Å². The lowest BCUT2D eigenvalue weighted by Crippen LogP contribution is -2.72. The molecule has 0 aliphatic carbocycles. The number of hydrogen-bond donors (Lipinski definition) is 12. The summed E-state index contributed by atoms with van der Waals surface area (Å²) >= 11 is 0. The minimum atomic E-state index is -2.63. The molecule has 44 heavy (non-hydrogen) atoms. The minimum absolute atomic E-state index is 0.117. The molecule has 3 fully saturated rings. The van der Waals surface area contributed by atoms with E-state index in [0.717, 1.165) is 0 Å². The Kier molecular flexibility index (Phi) is 11.1. The Labute approximate surface area is 249 Å². The normalized spacial score (nSPS) is 44.7. The zero-order valence-corrected chi connectivity index (χ0v) is 23.1. The van der Waals surface area contributed by atoms with Gasteiger partial charge in [0.25, 0.3) is 5.79 Å². The third-order valence-electron chi connectivity index (χ3n) is 7.79. The van der Waals surface area contributed by atoms with Crippen molar-refractivity contribution in [3.05, 3.63) is 29.8 Å². The number of carbonyl (C=O) groups is 1. The van der Waals surface area contributed by atoms with Crippen molar-refractivity contribution >= 4 is 5.97 Å². The Morgan fingerprint density at radius 3 is 1.86 bits per heavy atom. The number of phenols is 1. The van der Waals surface area contributed by atoms with Crippen molar-refractivity contribution in [3.63, 3.8) is 0 Å². The van der Waals surface area contributed by atoms with Gasteiger partial charge in [0.1, 0.15) is 61.2 Å². The van der Waals surface area contributed by atoms with Crippen molar-refractivity contribution in [2.24, 2.45) is 17.2 Å². The highest BCUT2D eigenvalue weighted by atomic mass is 16.8. The molecular weight excluding hydrogens is 598 g/mol. The quantitative estimate of drug-likeness (QED) is 0.112. The molecule has 19 nitrogen and oxygen atoms in total. The van der Waals surface area contributed by atoms with Crippen molar-refractivity contribution in [2.75, 3.05) is 19.8 Å². The molecule has 3 saturated heterocycles. The van der Waals surface area contributed by atoms with Gasteiger partial charge in [0, 0.05) is 0 Å². The van der Waals surface area contributed by atoms with Crippen molar-refractivity contribution in [3.8, 4) is 5.75 Å². The molecule has 0 aromatic heterocycles. The molecule has 2 unspecified atom stereocenters. The van der Waals surface area contributed by atoms with E-state index in [2.05, 4.69) is 0 Å². The first kappa shape index (κ1) is 34.7. The monoisotopic (exact) mass is 637 g/mol. The van der Waals surface area contributed by atoms with Crippen molar-refractivity contribution < 1.29 is 79.2 Å². The maximum absolute atomic E-state index is 12.8. The highest BCUT2D eigenvalue weighted by molar-refractivity contribution is 5.89. The molecule has 1 aromatic carbocycles. The maximum atomic E-state index is 12.8. The number of aliphatic hydroxyl groups excluding tert-OH is 8. The number of aliphatic hydroxyl groups is 8. The van der Waals surface area contributed by atoms with E-state index in [-0.39, 0.29) is 11.3 Å². The molecule has 19 heteroatoms. The first-order chi connectivity index (χ1) is 20.8. The van der Waals surface area contributed by atoms with Crippen LogP contribution >= 0.6 is 0 Å². The molecule has 250 valence electrons. The van der Waals surface area contributed by atoms with Crippen LogP contribution in [0.5, 0.6) is 5.75 Å². The van der Waals surface area contributed by atoms with E-state index >= 15 is 0 Å². The van der Waals surface area contributed by atoms with Gasteiger partial charge in [-0.1, -0.05) is 0 Å². The van der Waals surface area contributed by atoms with Crippen molar-refractivity contribution in [1.82, 2.24) is 0 Å². The molecule has 3 heterocycles. The fourth-order valence-corrected chi connectivity index (χ4v) is 5.11. The second kappa shape index (κ2) is 14.1. The number of nitrogens with two attached hydrogens (primary N) is 3. The summed E-state index contributed by atoms with van der Waals surface area (Å²) in [6.07, 6.45) is -18.0. The van der Waals surface area contributed by atoms with Crippen molar-refractivity contribution in [2.45, 2.75) is 91.6 Å². The number of esters is 1. The van der Waals surface area contributed by atoms with Gasteiger partial charge in [-0.2, -0.15) is 0 Å². The van der Waals surface area contributed by atoms with Crippen LogP contribution in [0.25, 0.3) is 0 Å². The lowest BCUT2D eigenvalue weighted by atomic mass is 9.93. The van der Waals surface area contributed by atoms with E-state index in [1.807, 2.05) is 0 Å². The number of benzene rings is 1. The summed E-state index contributed by atoms with van der Waals surface area (Å²) in [4.78, 5) is 12.8. The van der Waals surface area contributed by atoms with E-state index in [4.69, 9.17) is 45.6 Å². The molecule has 4 rings (SSSR count). The van der Waals surface area contributed by atoms with Crippen LogP contribution in [0.2, 0.25) is 0 Å². The molecule has 0 saturated carbocycles. The van der Waals surface area contributed by atoms with Gasteiger partial charge in [0.2, 0.25) is 0 Å². The molecule has 1 aromatic rings. The highest BCUT2D eigenvalue weighted by Crippen LogP contribution is 2.35. The van der Waals surface area contributed by atoms with E-state index in [1.165, 1.54) is 24.3 Å². The molecule has 0 bridgehead atoms. The van der Waals surface area contributed by atoms with Gasteiger partial charge >= 0.3 is 5.97 Å². The van der Waals surface area contributed by atoms with Crippen LogP contribution in [0.4, 0.5) is 0 Å². The fourth-order valence-electron chi connectivity index (χ4n) is 5.11. The molecular formula is C25H39N3O16. The summed E-state index contributed by atoms with van der Waals surface area (Å²) < 4.78 is 33.1. The number of aromatic hydroxyl groups is 1. The molecule has 0 amide bonds. The largest absolute Gasteiger partial charge is 0.508 e. The Bertz CT molecular complexity index is 1100. The standard InChI is InChI=1S/C25H39N3O16/c26-12-15(33)18(10(5-29)39-22(12)38)41-23-13(27)16(34)19(11(6-30)40-23)42-24-14(28)17(35)20(36)25(7-31,44-24)43-21(37)8-1-3-9(32)4-2-8/h1-4,10-20,22-24,29-36,38H,5-7,26-28H2/t10-,11-,12-,13-,14-,15-,16-,17-,18?,19?,20+,22-,23+,24+,25+/m1/s1. The number of ether oxygens (including phenoxy) is 6. The smallest absolute Gasteiger partial charge is 0.340 e. The average Bonchev–Trinajstić information content (AvgIpc) is 3.01. The van der Waals surface area contributed by atoms with Gasteiger partial charge in [-0.15, -0.1) is 0 Å². The number of carbonyl (C=O) groups excluding carboxylic acids is 1. The second-order valence-corrected chi connectivity index (χ2v) is 10.7. The van der Waals surface area contributed by atoms with Crippen LogP contribution in [0, 0.1) is 0 Å². The molecule has 0 spiro atoms. The molecule has 3 aliphatic heterocycles. The van der Waals surface area contributed by atoms with Crippen LogP contribution in [0.1, 0.15) is 10.4 Å². The molecule has 15 atom stereocenters. The fraction of sp³-hybridized carbons (Fsp3) is 0.720. The topological polar surface area (TPSA) is 333 Å². The van der Waals surface area contributed by atoms with E-state index in [9.17, 15) is 50.8 Å². The number of hydrogen-bond acceptors (Lipinski definition) is 19. The first-order valence-electron chi connectivity index (χ1n) is 13.6. The van der Waals surface area contributed by atoms with Crippen LogP contribution in [0.15, 0.2) is 24.3 Å². The van der Waals surface area contributed by atoms with Gasteiger partial charge in [0.15, 0.2) is 18.9 Å². The Hall–Kier alpha value is -2.15. The minimum Gasteiger partial charge on any atom is -0.508 e. The Balaban J connectivity index is 1.51. The zero-order valence-electron chi connectivity index (χ0n) is 23.1. The van der Waals surface area contributed by atoms with Crippen LogP contribution < -0.4 is 17.2 Å². The predicted molar refractivity (Wildman–Crippen MR) is 140 cm³/mol. The lowest BCUT2D eigenvalue weighted by molar-refractivity contribution is -0.396. The zero-order chi connectivity index (χ0) is 32.5.